The molecule has 42 aliphatic carbocycles. The Balaban J connectivity index is 0.000000444. The first kappa shape index (κ1) is 26.9. The van der Waals surface area contributed by atoms with Crippen LogP contribution in [0.5, 0.6) is 0 Å². The second-order valence-electron chi connectivity index (χ2n) is 42.0. The molecule has 42 fully saturated rings. The molecular weight excluding hydrogens is 829 g/mol. The molecule has 36 atom stereocenters. The molecule has 36 unspecified atom stereocenters. The Morgan fingerprint density at radius 1 is 0.159 bits per heavy atom. The molecule has 0 N–H and O–H groups in total. The molecule has 42 rings (SSSR count). The Morgan fingerprint density at radius 3 is 0.435 bits per heavy atom. The van der Waals surface area contributed by atoms with Gasteiger partial charge in [0.25, 0.3) is 0 Å². The monoisotopic (exact) mass is 886 g/mol. The van der Waals surface area contributed by atoms with Crippen LogP contribution in [0, 0.1) is 351 Å². The lowest BCUT2D eigenvalue weighted by Gasteiger charge is -3.41. The Labute approximate surface area is 400 Å². The SMILES string of the molecule is C1C2CC3C4C5C6C7C8C9C%10C%11C%12C%13C%14C%15C%16C%17C%18C%19C%20C%21CC%22CC%23C%24C%25C%26C%27C%28C%29C%30C%31C%32C%33C%34C%35C%36C%37C%38C%39C%40C1C23C%404C%395C%386C%377C%368C%359C%34%10C%33%11C%32%12C%31%13C%30%14C%29%15C%28%16C%27%17C%26%18C%25%19C%24%20C%22%23%21.C1CC2CCC12. The predicted molar refractivity (Wildman–Crippen MR) is 230 cm³/mol. The summed E-state index contributed by atoms with van der Waals surface area (Å²) in [5.41, 5.74) is 20.8. The van der Waals surface area contributed by atoms with Crippen LogP contribution in [0.15, 0.2) is 0 Å². The van der Waals surface area contributed by atoms with Gasteiger partial charge in [-0.05, 0) is 403 Å². The largest absolute Gasteiger partial charge is 0.0499 e. The standard InChI is InChI=1S/C63H48.C6H10/c1-5-2-8-12-16-20-24-28-32-36-40-44-42-38-34-30-26-22-18-14-10-4-6-3-9-13-17-21-25-29-33-37-41-43-39-35-31-27-23-19-15-11-7(1)45(5,8)47(11,12)49(15,16)51(19,20)53(23,24)55(27,28)57(31,32)59(35,36)61(39,40)63(43,44)62(41,42)60(37,38)58(33,34)56(29,30)54(25,26)52(21,22)50(17,18)48(13,14)46(6,9)10;1-2-6-4-3-5(1)6/h5-44H,1-4H2;5-6H,1-4H2. The first-order valence-electron chi connectivity index (χ1n) is 34.3. The fourth-order valence-corrected chi connectivity index (χ4v) is 61.4. The third-order valence-electron chi connectivity index (χ3n) is 52.8. The van der Waals surface area contributed by atoms with Gasteiger partial charge in [0.15, 0.2) is 0 Å². The summed E-state index contributed by atoms with van der Waals surface area (Å²) in [5.74, 6) is 57.6. The van der Waals surface area contributed by atoms with Crippen LogP contribution < -0.4 is 0 Å². The normalized spacial score (nSPS) is 121. The van der Waals surface area contributed by atoms with Crippen LogP contribution >= 0.6 is 0 Å². The number of rotatable bonds is 0. The van der Waals surface area contributed by atoms with Gasteiger partial charge in [-0.15, -0.1) is 0 Å². The van der Waals surface area contributed by atoms with E-state index in [2.05, 4.69) is 0 Å². The van der Waals surface area contributed by atoms with Crippen molar-refractivity contribution in [1.82, 2.24) is 0 Å². The zero-order valence-electron chi connectivity index (χ0n) is 39.4. The van der Waals surface area contributed by atoms with Crippen molar-refractivity contribution in [3.63, 3.8) is 0 Å². The van der Waals surface area contributed by atoms with Crippen molar-refractivity contribution in [1.29, 1.82) is 0 Å². The second kappa shape index (κ2) is 4.96. The molecule has 0 radical (unpaired) electrons. The fraction of sp³-hybridized carbons (Fsp3) is 1.00. The summed E-state index contributed by atoms with van der Waals surface area (Å²) in [6, 6.07) is 0. The molecule has 42 saturated carbocycles. The highest BCUT2D eigenvalue weighted by Crippen LogP contribution is 3.44. The quantitative estimate of drug-likeness (QED) is 0.230. The van der Waals surface area contributed by atoms with Gasteiger partial charge in [0.2, 0.25) is 0 Å². The molecular formula is C69H58. The van der Waals surface area contributed by atoms with Gasteiger partial charge in [0, 0.05) is 0 Å². The van der Waals surface area contributed by atoms with Crippen LogP contribution in [0.3, 0.4) is 0 Å². The summed E-state index contributed by atoms with van der Waals surface area (Å²) in [4.78, 5) is 0. The van der Waals surface area contributed by atoms with Gasteiger partial charge < -0.3 is 0 Å². The van der Waals surface area contributed by atoms with Crippen molar-refractivity contribution in [2.24, 2.45) is 351 Å². The van der Waals surface area contributed by atoms with Crippen LogP contribution in [0.1, 0.15) is 51.4 Å². The molecule has 334 valence electrons. The van der Waals surface area contributed by atoms with Crippen molar-refractivity contribution in [3.8, 4) is 0 Å². The van der Waals surface area contributed by atoms with Gasteiger partial charge in [0.05, 0.1) is 0 Å². The first-order valence-corrected chi connectivity index (χ1v) is 34.3. The van der Waals surface area contributed by atoms with Crippen molar-refractivity contribution >= 4 is 0 Å². The van der Waals surface area contributed by atoms with Crippen molar-refractivity contribution < 1.29 is 0 Å². The average molecular weight is 887 g/mol. The van der Waals surface area contributed by atoms with E-state index in [1.54, 1.807) is 51.4 Å². The van der Waals surface area contributed by atoms with E-state index in [4.69, 9.17) is 0 Å². The van der Waals surface area contributed by atoms with Gasteiger partial charge in [-0.25, -0.2) is 0 Å². The maximum atomic E-state index is 1.77. The van der Waals surface area contributed by atoms with E-state index in [1.807, 2.05) is 0 Å². The molecule has 0 aromatic heterocycles. The lowest BCUT2D eigenvalue weighted by molar-refractivity contribution is -0.958. The van der Waals surface area contributed by atoms with E-state index in [0.717, 1.165) is 103 Å². The third-order valence-corrected chi connectivity index (χ3v) is 52.8. The van der Waals surface area contributed by atoms with Crippen molar-refractivity contribution in [3.05, 3.63) is 0 Å². The number of hydrogen-bond donors (Lipinski definition) is 0. The molecule has 0 saturated heterocycles. The van der Waals surface area contributed by atoms with Crippen LogP contribution in [-0.4, -0.2) is 0 Å². The lowest BCUT2D eigenvalue weighted by Crippen LogP contribution is -3.39. The summed E-state index contributed by atoms with van der Waals surface area (Å²) in [6.45, 7) is 0. The molecule has 0 bridgehead atoms. The topological polar surface area (TPSA) is 0 Å². The Kier molecular flexibility index (Phi) is 1.93. The van der Waals surface area contributed by atoms with Gasteiger partial charge in [-0.3, -0.25) is 0 Å². The predicted octanol–water partition coefficient (Wildman–Crippen LogP) is 8.29. The molecule has 19 spiro atoms. The van der Waals surface area contributed by atoms with E-state index in [9.17, 15) is 0 Å². The minimum Gasteiger partial charge on any atom is -0.0499 e. The zero-order chi connectivity index (χ0) is 39.4. The maximum absolute atomic E-state index is 1.77. The van der Waals surface area contributed by atoms with Crippen LogP contribution in [0.4, 0.5) is 0 Å². The summed E-state index contributed by atoms with van der Waals surface area (Å²) < 4.78 is 0. The van der Waals surface area contributed by atoms with Gasteiger partial charge in [0.1, 0.15) is 0 Å². The number of hydrogen-bond acceptors (Lipinski definition) is 0. The summed E-state index contributed by atoms with van der Waals surface area (Å²) >= 11 is 0. The number of fused-ring (bicyclic) bond motifs is 37. The minimum absolute atomic E-state index is 1.07. The molecule has 69 heavy (non-hydrogen) atoms. The summed E-state index contributed by atoms with van der Waals surface area (Å²) in [7, 11) is 0. The van der Waals surface area contributed by atoms with Gasteiger partial charge in [-0.1, -0.05) is 0 Å². The van der Waals surface area contributed by atoms with E-state index in [1.165, 1.54) is 249 Å². The van der Waals surface area contributed by atoms with Crippen molar-refractivity contribution in [2.45, 2.75) is 51.4 Å². The lowest BCUT2D eigenvalue weighted by atomic mass is 8.62. The average Bonchev–Trinajstić information content (AvgIpc) is 0.956. The molecule has 0 heterocycles. The fourth-order valence-electron chi connectivity index (χ4n) is 61.4. The molecule has 0 nitrogen and oxygen atoms in total. The molecule has 0 amide bonds. The summed E-state index contributed by atoms with van der Waals surface area (Å²) in [6.07, 6.45) is 13.3. The third kappa shape index (κ3) is 0.893. The van der Waals surface area contributed by atoms with Crippen LogP contribution in [-0.2, 0) is 0 Å². The molecule has 0 heteroatoms. The molecule has 0 aromatic carbocycles. The highest BCUT2D eigenvalue weighted by atomic mass is 15.5. The van der Waals surface area contributed by atoms with E-state index in [-0.39, 0.29) is 0 Å². The van der Waals surface area contributed by atoms with Crippen LogP contribution in [0.2, 0.25) is 0 Å². The van der Waals surface area contributed by atoms with E-state index < -0.39 is 0 Å². The van der Waals surface area contributed by atoms with Gasteiger partial charge >= 0.3 is 0 Å². The highest BCUT2D eigenvalue weighted by Gasteiger charge is 3.42. The maximum Gasteiger partial charge on any atom is -0.00932 e. The molecule has 0 aliphatic heterocycles. The Morgan fingerprint density at radius 2 is 0.304 bits per heavy atom. The zero-order valence-corrected chi connectivity index (χ0v) is 39.4. The van der Waals surface area contributed by atoms with Gasteiger partial charge in [-0.2, -0.15) is 0 Å². The Bertz CT molecular complexity index is 3500. The first-order chi connectivity index (χ1) is 34.3. The minimum atomic E-state index is 1.07. The Hall–Kier alpha value is 0. The van der Waals surface area contributed by atoms with E-state index >= 15 is 0 Å². The molecule has 0 aromatic rings. The smallest absolute Gasteiger partial charge is 0.00932 e. The van der Waals surface area contributed by atoms with Crippen LogP contribution in [0.25, 0.3) is 0 Å². The van der Waals surface area contributed by atoms with Crippen molar-refractivity contribution in [2.75, 3.05) is 0 Å². The summed E-state index contributed by atoms with van der Waals surface area (Å²) in [5, 5.41) is 0. The van der Waals surface area contributed by atoms with E-state index in [0.29, 0.717) is 0 Å². The highest BCUT2D eigenvalue weighted by molar-refractivity contribution is 5.88. The second-order valence-corrected chi connectivity index (χ2v) is 42.0. The molecule has 42 aliphatic rings.